The molecule has 3 N–H and O–H groups in total. The number of para-hydroxylation sites is 1. The van der Waals surface area contributed by atoms with E-state index >= 15 is 0 Å². The van der Waals surface area contributed by atoms with Gasteiger partial charge in [-0.3, -0.25) is 5.32 Å². The largest absolute Gasteiger partial charge is 0.457 e. The third kappa shape index (κ3) is 6.06. The number of carbonyl (C=O) groups excluding carboxylic acids is 1. The minimum Gasteiger partial charge on any atom is -0.457 e. The molecule has 5 rings (SSSR count). The van der Waals surface area contributed by atoms with Crippen LogP contribution in [0.25, 0.3) is 0 Å². The van der Waals surface area contributed by atoms with Gasteiger partial charge in [-0.25, -0.2) is 4.79 Å². The fraction of sp³-hybridized carbons (Fsp3) is 0.231. The van der Waals surface area contributed by atoms with Gasteiger partial charge < -0.3 is 29.6 Å². The highest BCUT2D eigenvalue weighted by molar-refractivity contribution is 7.80. The molecule has 4 atom stereocenters. The van der Waals surface area contributed by atoms with Crippen molar-refractivity contribution in [1.29, 1.82) is 0 Å². The van der Waals surface area contributed by atoms with Crippen LogP contribution in [0, 0.1) is 0 Å². The summed E-state index contributed by atoms with van der Waals surface area (Å²) in [4.78, 5) is 12.5. The molecule has 3 aromatic rings. The van der Waals surface area contributed by atoms with Crippen molar-refractivity contribution < 1.29 is 23.7 Å². The third-order valence-electron chi connectivity index (χ3n) is 5.76. The molecule has 3 aromatic carbocycles. The SMILES string of the molecule is O=C(Nc1ccc(Oc2ccccc2)cc1)O[C@@H]1CO[C@H]2[C@@H]1OC[C@@H]2NC(=S)Nc1ccc(Cl)cc1. The van der Waals surface area contributed by atoms with Crippen molar-refractivity contribution in [3.05, 3.63) is 83.9 Å². The predicted molar refractivity (Wildman–Crippen MR) is 141 cm³/mol. The highest BCUT2D eigenvalue weighted by atomic mass is 35.5. The van der Waals surface area contributed by atoms with Crippen LogP contribution >= 0.6 is 23.8 Å². The lowest BCUT2D eigenvalue weighted by atomic mass is 10.1. The molecule has 1 amide bonds. The van der Waals surface area contributed by atoms with Crippen molar-refractivity contribution in [1.82, 2.24) is 5.32 Å². The fourth-order valence-corrected chi connectivity index (χ4v) is 4.47. The zero-order valence-corrected chi connectivity index (χ0v) is 20.6. The van der Waals surface area contributed by atoms with Gasteiger partial charge in [-0.05, 0) is 72.9 Å². The topological polar surface area (TPSA) is 90.1 Å². The van der Waals surface area contributed by atoms with E-state index in [1.165, 1.54) is 0 Å². The van der Waals surface area contributed by atoms with Crippen molar-refractivity contribution in [2.75, 3.05) is 23.8 Å². The van der Waals surface area contributed by atoms with Crippen molar-refractivity contribution in [2.45, 2.75) is 24.4 Å². The first-order chi connectivity index (χ1) is 17.5. The van der Waals surface area contributed by atoms with Crippen LogP contribution in [0.5, 0.6) is 11.5 Å². The molecule has 10 heteroatoms. The lowest BCUT2D eigenvalue weighted by Gasteiger charge is -2.20. The molecule has 2 fully saturated rings. The van der Waals surface area contributed by atoms with E-state index in [1.54, 1.807) is 36.4 Å². The van der Waals surface area contributed by atoms with Gasteiger partial charge in [-0.1, -0.05) is 29.8 Å². The normalized spacial score (nSPS) is 22.4. The van der Waals surface area contributed by atoms with E-state index in [0.29, 0.717) is 28.2 Å². The van der Waals surface area contributed by atoms with Crippen LogP contribution in [0.15, 0.2) is 78.9 Å². The Morgan fingerprint density at radius 3 is 2.22 bits per heavy atom. The average molecular weight is 526 g/mol. The van der Waals surface area contributed by atoms with Crippen molar-refractivity contribution in [2.24, 2.45) is 0 Å². The first kappa shape index (κ1) is 24.3. The summed E-state index contributed by atoms with van der Waals surface area (Å²) in [5.41, 5.74) is 1.40. The minimum absolute atomic E-state index is 0.170. The highest BCUT2D eigenvalue weighted by Gasteiger charge is 2.49. The van der Waals surface area contributed by atoms with Gasteiger partial charge in [-0.2, -0.15) is 0 Å². The third-order valence-corrected chi connectivity index (χ3v) is 6.24. The fourth-order valence-electron chi connectivity index (χ4n) is 4.07. The van der Waals surface area contributed by atoms with Crippen LogP contribution in [0.2, 0.25) is 5.02 Å². The number of nitrogens with one attached hydrogen (secondary N) is 3. The van der Waals surface area contributed by atoms with Gasteiger partial charge >= 0.3 is 6.09 Å². The summed E-state index contributed by atoms with van der Waals surface area (Å²) in [6.07, 6.45) is -1.78. The van der Waals surface area contributed by atoms with Crippen LogP contribution in [0.3, 0.4) is 0 Å². The average Bonchev–Trinajstić information content (AvgIpc) is 3.46. The highest BCUT2D eigenvalue weighted by Crippen LogP contribution is 2.29. The molecule has 36 heavy (non-hydrogen) atoms. The second-order valence-electron chi connectivity index (χ2n) is 8.32. The molecule has 8 nitrogen and oxygen atoms in total. The Hall–Kier alpha value is -3.37. The number of anilines is 2. The first-order valence-electron chi connectivity index (χ1n) is 11.4. The van der Waals surface area contributed by atoms with Crippen LogP contribution in [-0.2, 0) is 14.2 Å². The summed E-state index contributed by atoms with van der Waals surface area (Å²) in [7, 11) is 0. The molecular weight excluding hydrogens is 502 g/mol. The Labute approximate surface area is 218 Å². The van der Waals surface area contributed by atoms with Crippen molar-refractivity contribution in [3.8, 4) is 11.5 Å². The summed E-state index contributed by atoms with van der Waals surface area (Å²) in [6.45, 7) is 0.615. The number of amides is 1. The Morgan fingerprint density at radius 1 is 0.833 bits per heavy atom. The minimum atomic E-state index is -0.582. The molecule has 0 radical (unpaired) electrons. The molecule has 2 aliphatic rings. The number of hydrogen-bond donors (Lipinski definition) is 3. The summed E-state index contributed by atoms with van der Waals surface area (Å²) in [5, 5.41) is 10.1. The Kier molecular flexibility index (Phi) is 7.52. The summed E-state index contributed by atoms with van der Waals surface area (Å²) < 4.78 is 23.1. The number of benzene rings is 3. The number of fused-ring (bicyclic) bond motifs is 1. The quantitative estimate of drug-likeness (QED) is 0.378. The zero-order valence-electron chi connectivity index (χ0n) is 19.1. The molecule has 0 bridgehead atoms. The molecule has 0 saturated carbocycles. The van der Waals surface area contributed by atoms with Crippen LogP contribution in [-0.4, -0.2) is 48.8 Å². The predicted octanol–water partition coefficient (Wildman–Crippen LogP) is 5.20. The first-order valence-corrected chi connectivity index (χ1v) is 12.2. The Bertz CT molecular complexity index is 1200. The lowest BCUT2D eigenvalue weighted by Crippen LogP contribution is -2.46. The lowest BCUT2D eigenvalue weighted by molar-refractivity contribution is 0.00880. The monoisotopic (exact) mass is 525 g/mol. The maximum Gasteiger partial charge on any atom is 0.412 e. The number of ether oxygens (including phenoxy) is 4. The summed E-state index contributed by atoms with van der Waals surface area (Å²) >= 11 is 11.3. The van der Waals surface area contributed by atoms with Crippen molar-refractivity contribution >= 4 is 46.4 Å². The van der Waals surface area contributed by atoms with Gasteiger partial charge in [0.2, 0.25) is 0 Å². The number of halogens is 1. The molecule has 0 spiro atoms. The molecule has 2 aliphatic heterocycles. The Morgan fingerprint density at radius 2 is 1.47 bits per heavy atom. The zero-order chi connectivity index (χ0) is 24.9. The Balaban J connectivity index is 1.09. The number of thiocarbonyl (C=S) groups is 1. The van der Waals surface area contributed by atoms with Crippen LogP contribution in [0.1, 0.15) is 0 Å². The van der Waals surface area contributed by atoms with Crippen molar-refractivity contribution in [3.63, 3.8) is 0 Å². The maximum absolute atomic E-state index is 12.5. The van der Waals surface area contributed by atoms with Gasteiger partial charge in [0.1, 0.15) is 23.7 Å². The molecular formula is C26H24ClN3O5S. The van der Waals surface area contributed by atoms with E-state index in [2.05, 4.69) is 16.0 Å². The van der Waals surface area contributed by atoms with E-state index in [4.69, 9.17) is 42.8 Å². The second-order valence-corrected chi connectivity index (χ2v) is 9.16. The van der Waals surface area contributed by atoms with Gasteiger partial charge in [-0.15, -0.1) is 0 Å². The maximum atomic E-state index is 12.5. The standard InChI is InChI=1S/C26H24ClN3O5S/c27-16-6-8-17(9-7-16)28-25(36)30-21-14-32-24-22(15-33-23(21)24)35-26(31)29-18-10-12-20(13-11-18)34-19-4-2-1-3-5-19/h1-13,21-24H,14-15H2,(H,29,31)(H2,28,30,36)/t21-,22+,23+,24+/m0/s1. The van der Waals surface area contributed by atoms with E-state index in [1.807, 2.05) is 42.5 Å². The van der Waals surface area contributed by atoms with E-state index in [-0.39, 0.29) is 24.9 Å². The number of carbonyl (C=O) groups is 1. The van der Waals surface area contributed by atoms with Crippen LogP contribution < -0.4 is 20.7 Å². The smallest absolute Gasteiger partial charge is 0.412 e. The molecule has 0 aromatic heterocycles. The second kappa shape index (κ2) is 11.1. The van der Waals surface area contributed by atoms with Gasteiger partial charge in [0.15, 0.2) is 11.2 Å². The molecule has 0 unspecified atom stereocenters. The molecule has 186 valence electrons. The molecule has 2 saturated heterocycles. The summed E-state index contributed by atoms with van der Waals surface area (Å²) in [6, 6.07) is 23.6. The van der Waals surface area contributed by atoms with E-state index < -0.39 is 12.2 Å². The summed E-state index contributed by atoms with van der Waals surface area (Å²) in [5.74, 6) is 1.40. The van der Waals surface area contributed by atoms with Gasteiger partial charge in [0.05, 0.1) is 19.3 Å². The molecule has 2 heterocycles. The van der Waals surface area contributed by atoms with Crippen LogP contribution in [0.4, 0.5) is 16.2 Å². The number of rotatable bonds is 6. The van der Waals surface area contributed by atoms with E-state index in [0.717, 1.165) is 11.4 Å². The van der Waals surface area contributed by atoms with Gasteiger partial charge in [0.25, 0.3) is 0 Å². The number of hydrogen-bond acceptors (Lipinski definition) is 6. The molecule has 0 aliphatic carbocycles. The van der Waals surface area contributed by atoms with Gasteiger partial charge in [0, 0.05) is 16.4 Å². The van der Waals surface area contributed by atoms with E-state index in [9.17, 15) is 4.79 Å².